The van der Waals surface area contributed by atoms with E-state index in [4.69, 9.17) is 10.5 Å². The van der Waals surface area contributed by atoms with Gasteiger partial charge in [-0.2, -0.15) is 0 Å². The second kappa shape index (κ2) is 5.36. The Bertz CT molecular complexity index is 337. The van der Waals surface area contributed by atoms with Crippen molar-refractivity contribution in [3.8, 4) is 5.75 Å². The first-order valence-electron chi connectivity index (χ1n) is 4.79. The summed E-state index contributed by atoms with van der Waals surface area (Å²) < 4.78 is 5.33. The van der Waals surface area contributed by atoms with Crippen molar-refractivity contribution < 1.29 is 9.53 Å². The Kier molecular flexibility index (Phi) is 4.12. The lowest BCUT2D eigenvalue weighted by molar-refractivity contribution is 0.0827. The predicted molar refractivity (Wildman–Crippen MR) is 59.0 cm³/mol. The first-order valence-corrected chi connectivity index (χ1v) is 4.79. The van der Waals surface area contributed by atoms with Crippen LogP contribution in [0, 0.1) is 0 Å². The third-order valence-corrected chi connectivity index (χ3v) is 1.87. The van der Waals surface area contributed by atoms with E-state index < -0.39 is 0 Å². The summed E-state index contributed by atoms with van der Waals surface area (Å²) >= 11 is 0. The highest BCUT2D eigenvalue weighted by Gasteiger charge is 2.08. The maximum absolute atomic E-state index is 11.6. The Hall–Kier alpha value is -1.55. The van der Waals surface area contributed by atoms with Gasteiger partial charge < -0.3 is 15.4 Å². The first kappa shape index (κ1) is 11.5. The van der Waals surface area contributed by atoms with E-state index in [-0.39, 0.29) is 5.91 Å². The third kappa shape index (κ3) is 3.25. The number of nitrogens with two attached hydrogens (primary N) is 1. The van der Waals surface area contributed by atoms with Gasteiger partial charge >= 0.3 is 0 Å². The van der Waals surface area contributed by atoms with E-state index in [2.05, 4.69) is 0 Å². The summed E-state index contributed by atoms with van der Waals surface area (Å²) in [7, 11) is 3.44. The zero-order valence-electron chi connectivity index (χ0n) is 9.06. The minimum Gasteiger partial charge on any atom is -0.492 e. The van der Waals surface area contributed by atoms with Crippen molar-refractivity contribution in [2.45, 2.75) is 0 Å². The number of rotatable bonds is 4. The van der Waals surface area contributed by atoms with Gasteiger partial charge in [-0.3, -0.25) is 4.79 Å². The maximum Gasteiger partial charge on any atom is 0.253 e. The van der Waals surface area contributed by atoms with Crippen molar-refractivity contribution in [3.63, 3.8) is 0 Å². The van der Waals surface area contributed by atoms with E-state index in [0.717, 1.165) is 0 Å². The average molecular weight is 208 g/mol. The first-order chi connectivity index (χ1) is 7.15. The standard InChI is InChI=1S/C11H16N2O2/c1-13(2)11(14)9-4-3-5-10(8-9)15-7-6-12/h3-5,8H,6-7,12H2,1-2H3. The summed E-state index contributed by atoms with van der Waals surface area (Å²) in [6, 6.07) is 7.08. The number of carbonyl (C=O) groups excluding carboxylic acids is 1. The smallest absolute Gasteiger partial charge is 0.253 e. The number of nitrogens with zero attached hydrogens (tertiary/aromatic N) is 1. The van der Waals surface area contributed by atoms with E-state index in [1.54, 1.807) is 32.3 Å². The molecule has 4 heteroatoms. The predicted octanol–water partition coefficient (Wildman–Crippen LogP) is 0.726. The zero-order chi connectivity index (χ0) is 11.3. The van der Waals surface area contributed by atoms with Crippen LogP contribution in [0.4, 0.5) is 0 Å². The van der Waals surface area contributed by atoms with Crippen LogP contribution in [0.5, 0.6) is 5.75 Å². The largest absolute Gasteiger partial charge is 0.492 e. The Morgan fingerprint density at radius 3 is 2.80 bits per heavy atom. The Balaban J connectivity index is 2.78. The fraction of sp³-hybridized carbons (Fsp3) is 0.364. The summed E-state index contributed by atoms with van der Waals surface area (Å²) in [6.07, 6.45) is 0. The van der Waals surface area contributed by atoms with Gasteiger partial charge in [0.2, 0.25) is 0 Å². The quantitative estimate of drug-likeness (QED) is 0.793. The molecule has 0 aromatic heterocycles. The number of hydrogen-bond donors (Lipinski definition) is 1. The van der Waals surface area contributed by atoms with Crippen molar-refractivity contribution in [2.24, 2.45) is 5.73 Å². The van der Waals surface area contributed by atoms with Gasteiger partial charge in [0.25, 0.3) is 5.91 Å². The Morgan fingerprint density at radius 1 is 1.47 bits per heavy atom. The van der Waals surface area contributed by atoms with Crippen LogP contribution >= 0.6 is 0 Å². The number of amides is 1. The van der Waals surface area contributed by atoms with Crippen molar-refractivity contribution in [2.75, 3.05) is 27.2 Å². The molecule has 0 saturated heterocycles. The number of carbonyl (C=O) groups is 1. The Morgan fingerprint density at radius 2 is 2.20 bits per heavy atom. The molecule has 0 fully saturated rings. The van der Waals surface area contributed by atoms with Crippen LogP contribution in [0.3, 0.4) is 0 Å². The molecule has 0 spiro atoms. The van der Waals surface area contributed by atoms with Gasteiger partial charge in [0, 0.05) is 26.2 Å². The van der Waals surface area contributed by atoms with E-state index in [1.165, 1.54) is 4.90 Å². The fourth-order valence-corrected chi connectivity index (χ4v) is 1.15. The second-order valence-electron chi connectivity index (χ2n) is 3.36. The molecule has 0 aliphatic rings. The molecular formula is C11H16N2O2. The van der Waals surface area contributed by atoms with Crippen LogP contribution in [0.15, 0.2) is 24.3 Å². The monoisotopic (exact) mass is 208 g/mol. The van der Waals surface area contributed by atoms with Crippen LogP contribution in [0.25, 0.3) is 0 Å². The molecule has 1 aromatic carbocycles. The van der Waals surface area contributed by atoms with E-state index in [9.17, 15) is 4.79 Å². The van der Waals surface area contributed by atoms with E-state index in [1.807, 2.05) is 6.07 Å². The number of hydrogen-bond acceptors (Lipinski definition) is 3. The Labute approximate surface area is 89.6 Å². The molecule has 0 bridgehead atoms. The summed E-state index contributed by atoms with van der Waals surface area (Å²) in [6.45, 7) is 0.922. The molecule has 1 amide bonds. The van der Waals surface area contributed by atoms with Gasteiger partial charge in [-0.1, -0.05) is 6.07 Å². The van der Waals surface area contributed by atoms with Gasteiger partial charge in [0.05, 0.1) is 0 Å². The SMILES string of the molecule is CN(C)C(=O)c1cccc(OCCN)c1. The molecule has 0 heterocycles. The molecule has 1 rings (SSSR count). The average Bonchev–Trinajstić information content (AvgIpc) is 2.25. The molecule has 0 radical (unpaired) electrons. The number of benzene rings is 1. The lowest BCUT2D eigenvalue weighted by Crippen LogP contribution is -2.21. The van der Waals surface area contributed by atoms with Gasteiger partial charge in [0.15, 0.2) is 0 Å². The van der Waals surface area contributed by atoms with Gasteiger partial charge in [-0.05, 0) is 18.2 Å². The minimum absolute atomic E-state index is 0.0341. The van der Waals surface area contributed by atoms with E-state index in [0.29, 0.717) is 24.5 Å². The topological polar surface area (TPSA) is 55.6 Å². The fourth-order valence-electron chi connectivity index (χ4n) is 1.15. The van der Waals surface area contributed by atoms with Crippen LogP contribution < -0.4 is 10.5 Å². The summed E-state index contributed by atoms with van der Waals surface area (Å²) in [5.74, 6) is 0.640. The lowest BCUT2D eigenvalue weighted by Gasteiger charge is -2.11. The summed E-state index contributed by atoms with van der Waals surface area (Å²) in [5, 5.41) is 0. The molecule has 1 aromatic rings. The number of ether oxygens (including phenoxy) is 1. The summed E-state index contributed by atoms with van der Waals surface area (Å²) in [5.41, 5.74) is 5.94. The summed E-state index contributed by atoms with van der Waals surface area (Å²) in [4.78, 5) is 13.1. The van der Waals surface area contributed by atoms with Crippen LogP contribution in [0.1, 0.15) is 10.4 Å². The van der Waals surface area contributed by atoms with Gasteiger partial charge in [0.1, 0.15) is 12.4 Å². The van der Waals surface area contributed by atoms with Gasteiger partial charge in [-0.15, -0.1) is 0 Å². The highest BCUT2D eigenvalue weighted by atomic mass is 16.5. The molecule has 0 atom stereocenters. The van der Waals surface area contributed by atoms with Crippen LogP contribution in [0.2, 0.25) is 0 Å². The van der Waals surface area contributed by atoms with Crippen molar-refractivity contribution in [1.29, 1.82) is 0 Å². The molecule has 0 saturated carbocycles. The third-order valence-electron chi connectivity index (χ3n) is 1.87. The molecular weight excluding hydrogens is 192 g/mol. The highest BCUT2D eigenvalue weighted by molar-refractivity contribution is 5.94. The molecule has 2 N–H and O–H groups in total. The lowest BCUT2D eigenvalue weighted by atomic mass is 10.2. The molecule has 82 valence electrons. The van der Waals surface area contributed by atoms with E-state index >= 15 is 0 Å². The van der Waals surface area contributed by atoms with Crippen molar-refractivity contribution in [3.05, 3.63) is 29.8 Å². The molecule has 0 unspecified atom stereocenters. The van der Waals surface area contributed by atoms with Crippen LogP contribution in [-0.4, -0.2) is 38.1 Å². The molecule has 15 heavy (non-hydrogen) atoms. The molecule has 0 aliphatic heterocycles. The van der Waals surface area contributed by atoms with Crippen molar-refractivity contribution >= 4 is 5.91 Å². The normalized spacial score (nSPS) is 9.80. The highest BCUT2D eigenvalue weighted by Crippen LogP contribution is 2.14. The van der Waals surface area contributed by atoms with Crippen LogP contribution in [-0.2, 0) is 0 Å². The molecule has 0 aliphatic carbocycles. The maximum atomic E-state index is 11.6. The molecule has 4 nitrogen and oxygen atoms in total. The second-order valence-corrected chi connectivity index (χ2v) is 3.36. The minimum atomic E-state index is -0.0341. The van der Waals surface area contributed by atoms with Gasteiger partial charge in [-0.25, -0.2) is 0 Å². The zero-order valence-corrected chi connectivity index (χ0v) is 9.06. The van der Waals surface area contributed by atoms with Crippen molar-refractivity contribution in [1.82, 2.24) is 4.90 Å².